The highest BCUT2D eigenvalue weighted by Gasteiger charge is 2.89. The van der Waals surface area contributed by atoms with Crippen LogP contribution in [0.1, 0.15) is 23.7 Å². The van der Waals surface area contributed by atoms with Crippen LogP contribution in [0, 0.1) is 17.8 Å². The first kappa shape index (κ1) is 24.4. The summed E-state index contributed by atoms with van der Waals surface area (Å²) < 4.78 is 16.1. The van der Waals surface area contributed by atoms with Gasteiger partial charge in [0.1, 0.15) is 17.9 Å². The van der Waals surface area contributed by atoms with Gasteiger partial charge in [-0.1, -0.05) is 48.0 Å². The second-order valence-electron chi connectivity index (χ2n) is 9.47. The zero-order valence-corrected chi connectivity index (χ0v) is 20.8. The minimum Gasteiger partial charge on any atom is -0.497 e. The summed E-state index contributed by atoms with van der Waals surface area (Å²) in [7, 11) is 2.80. The molecule has 0 spiro atoms. The van der Waals surface area contributed by atoms with Crippen LogP contribution in [0.2, 0.25) is 0 Å². The lowest BCUT2D eigenvalue weighted by Gasteiger charge is -2.31. The number of hydrogen-bond donors (Lipinski definition) is 2. The van der Waals surface area contributed by atoms with Gasteiger partial charge in [-0.15, -0.1) is 0 Å². The van der Waals surface area contributed by atoms with Gasteiger partial charge >= 0.3 is 11.9 Å². The molecule has 1 aliphatic heterocycles. The number of benzene rings is 3. The van der Waals surface area contributed by atoms with Crippen LogP contribution in [0.15, 0.2) is 78.9 Å². The minimum atomic E-state index is -1.60. The molecule has 8 nitrogen and oxygen atoms in total. The van der Waals surface area contributed by atoms with E-state index >= 15 is 0 Å². The highest BCUT2D eigenvalue weighted by Crippen LogP contribution is 2.77. The van der Waals surface area contributed by atoms with E-state index in [0.29, 0.717) is 22.7 Å². The Morgan fingerprint density at radius 2 is 1.59 bits per heavy atom. The van der Waals surface area contributed by atoms with Crippen LogP contribution in [-0.4, -0.2) is 38.1 Å². The van der Waals surface area contributed by atoms with Crippen LogP contribution < -0.4 is 15.4 Å². The van der Waals surface area contributed by atoms with Crippen LogP contribution in [0.4, 0.5) is 11.4 Å². The van der Waals surface area contributed by atoms with Gasteiger partial charge in [-0.2, -0.15) is 0 Å². The number of carbonyl (C=O) groups is 3. The Labute approximate surface area is 214 Å². The Kier molecular flexibility index (Phi) is 6.11. The highest BCUT2D eigenvalue weighted by molar-refractivity contribution is 6.10. The van der Waals surface area contributed by atoms with E-state index in [9.17, 15) is 14.4 Å². The number of cyclic esters (lactones) is 1. The number of fused-ring (bicyclic) bond motifs is 1. The normalized spacial score (nSPS) is 24.3. The third kappa shape index (κ3) is 3.89. The molecule has 37 heavy (non-hydrogen) atoms. The van der Waals surface area contributed by atoms with Gasteiger partial charge in [0.2, 0.25) is 5.91 Å². The molecule has 2 aliphatic rings. The maximum atomic E-state index is 14.0. The fraction of sp³-hybridized carbons (Fsp3) is 0.276. The van der Waals surface area contributed by atoms with Gasteiger partial charge in [0.05, 0.1) is 19.6 Å². The summed E-state index contributed by atoms with van der Waals surface area (Å²) >= 11 is 0. The van der Waals surface area contributed by atoms with E-state index < -0.39 is 40.8 Å². The van der Waals surface area contributed by atoms with Crippen molar-refractivity contribution < 1.29 is 28.6 Å². The van der Waals surface area contributed by atoms with Gasteiger partial charge in [0.15, 0.2) is 5.41 Å². The Bertz CT molecular complexity index is 1320. The SMILES string of the molecule is COC(=O)C12CC1(C(Nc1ccc(C)cc1)C(=O)Nc1ccc(OC)cc1)C(c1ccccc1)OC2=O. The van der Waals surface area contributed by atoms with E-state index in [1.807, 2.05) is 61.5 Å². The topological polar surface area (TPSA) is 103 Å². The van der Waals surface area contributed by atoms with Gasteiger partial charge < -0.3 is 24.8 Å². The molecule has 190 valence electrons. The molecule has 3 aromatic rings. The molecule has 1 amide bonds. The average molecular weight is 501 g/mol. The van der Waals surface area contributed by atoms with Crippen molar-refractivity contribution in [3.05, 3.63) is 90.0 Å². The molecule has 4 unspecified atom stereocenters. The second kappa shape index (κ2) is 9.28. The smallest absolute Gasteiger partial charge is 0.325 e. The maximum Gasteiger partial charge on any atom is 0.325 e. The Morgan fingerprint density at radius 3 is 2.22 bits per heavy atom. The molecular weight excluding hydrogens is 472 g/mol. The van der Waals surface area contributed by atoms with Crippen molar-refractivity contribution in [1.29, 1.82) is 0 Å². The molecular formula is C29H28N2O6. The van der Waals surface area contributed by atoms with Crippen molar-refractivity contribution >= 4 is 29.2 Å². The van der Waals surface area contributed by atoms with Crippen LogP contribution in [0.5, 0.6) is 5.75 Å². The maximum absolute atomic E-state index is 14.0. The van der Waals surface area contributed by atoms with Crippen LogP contribution in [0.25, 0.3) is 0 Å². The van der Waals surface area contributed by atoms with E-state index in [1.165, 1.54) is 7.11 Å². The van der Waals surface area contributed by atoms with E-state index in [1.54, 1.807) is 31.4 Å². The lowest BCUT2D eigenvalue weighted by molar-refractivity contribution is -0.159. The molecule has 2 N–H and O–H groups in total. The number of amides is 1. The standard InChI is InChI=1S/C29H28N2O6/c1-18-9-11-20(12-10-18)30-23(25(32)31-21-13-15-22(35-2)16-14-21)28-17-29(28,26(33)36-3)27(34)37-24(28)19-7-5-4-6-8-19/h4-16,23-24,30H,17H2,1-3H3,(H,31,32). The van der Waals surface area contributed by atoms with Crippen LogP contribution >= 0.6 is 0 Å². The predicted molar refractivity (Wildman–Crippen MR) is 137 cm³/mol. The van der Waals surface area contributed by atoms with Gasteiger partial charge in [-0.25, -0.2) is 0 Å². The third-order valence-electron chi connectivity index (χ3n) is 7.40. The monoisotopic (exact) mass is 500 g/mol. The molecule has 5 rings (SSSR count). The summed E-state index contributed by atoms with van der Waals surface area (Å²) in [5, 5.41) is 6.26. The Hall–Kier alpha value is -4.33. The van der Waals surface area contributed by atoms with Gasteiger partial charge in [0.25, 0.3) is 0 Å². The third-order valence-corrected chi connectivity index (χ3v) is 7.40. The molecule has 8 heteroatoms. The number of aryl methyl sites for hydroxylation is 1. The van der Waals surface area contributed by atoms with Crippen molar-refractivity contribution in [1.82, 2.24) is 0 Å². The van der Waals surface area contributed by atoms with Crippen molar-refractivity contribution in [2.45, 2.75) is 25.5 Å². The van der Waals surface area contributed by atoms with Gasteiger partial charge in [0, 0.05) is 11.4 Å². The summed E-state index contributed by atoms with van der Waals surface area (Å²) in [6.07, 6.45) is -0.713. The van der Waals surface area contributed by atoms with Crippen LogP contribution in [0.3, 0.4) is 0 Å². The number of ether oxygens (including phenoxy) is 3. The number of rotatable bonds is 8. The number of esters is 2. The Balaban J connectivity index is 1.60. The van der Waals surface area contributed by atoms with Crippen molar-refractivity contribution in [3.8, 4) is 5.75 Å². The van der Waals surface area contributed by atoms with Crippen molar-refractivity contribution in [2.24, 2.45) is 10.8 Å². The van der Waals surface area contributed by atoms with Gasteiger partial charge in [-0.05, 0) is 55.3 Å². The summed E-state index contributed by atoms with van der Waals surface area (Å²) in [6, 6.07) is 22.6. The number of anilines is 2. The second-order valence-corrected chi connectivity index (χ2v) is 9.47. The first-order valence-electron chi connectivity index (χ1n) is 12.0. The minimum absolute atomic E-state index is 0.116. The molecule has 1 heterocycles. The van der Waals surface area contributed by atoms with E-state index in [2.05, 4.69) is 10.6 Å². The Morgan fingerprint density at radius 1 is 0.946 bits per heavy atom. The predicted octanol–water partition coefficient (Wildman–Crippen LogP) is 4.27. The molecule has 1 aliphatic carbocycles. The lowest BCUT2D eigenvalue weighted by atomic mass is 9.79. The molecule has 1 saturated carbocycles. The van der Waals surface area contributed by atoms with Gasteiger partial charge in [-0.3, -0.25) is 14.4 Å². The first-order valence-corrected chi connectivity index (χ1v) is 12.0. The molecule has 0 bridgehead atoms. The molecule has 1 saturated heterocycles. The molecule has 0 aromatic heterocycles. The van der Waals surface area contributed by atoms with Crippen molar-refractivity contribution in [2.75, 3.05) is 24.9 Å². The molecule has 2 fully saturated rings. The first-order chi connectivity index (χ1) is 17.9. The average Bonchev–Trinajstić information content (AvgIpc) is 3.56. The zero-order valence-electron chi connectivity index (χ0n) is 20.8. The number of nitrogens with one attached hydrogen (secondary N) is 2. The van der Waals surface area contributed by atoms with Crippen LogP contribution in [-0.2, 0) is 23.9 Å². The molecule has 3 aromatic carbocycles. The van der Waals surface area contributed by atoms with E-state index in [-0.39, 0.29) is 6.42 Å². The highest BCUT2D eigenvalue weighted by atomic mass is 16.6. The number of carbonyl (C=O) groups excluding carboxylic acids is 3. The summed E-state index contributed by atoms with van der Waals surface area (Å²) in [4.78, 5) is 40.4. The summed E-state index contributed by atoms with van der Waals surface area (Å²) in [5.41, 5.74) is 0.171. The largest absolute Gasteiger partial charge is 0.497 e. The molecule has 0 radical (unpaired) electrons. The summed E-state index contributed by atoms with van der Waals surface area (Å²) in [6.45, 7) is 1.97. The fourth-order valence-corrected chi connectivity index (χ4v) is 5.43. The number of methoxy groups -OCH3 is 2. The quantitative estimate of drug-likeness (QED) is 0.352. The van der Waals surface area contributed by atoms with Crippen molar-refractivity contribution in [3.63, 3.8) is 0 Å². The van der Waals surface area contributed by atoms with E-state index in [4.69, 9.17) is 14.2 Å². The lowest BCUT2D eigenvalue weighted by Crippen LogP contribution is -2.47. The van der Waals surface area contributed by atoms with E-state index in [0.717, 1.165) is 5.56 Å². The summed E-state index contributed by atoms with van der Waals surface area (Å²) in [5.74, 6) is -1.14. The number of hydrogen-bond acceptors (Lipinski definition) is 7. The molecule has 4 atom stereocenters. The zero-order chi connectivity index (χ0) is 26.2. The fourth-order valence-electron chi connectivity index (χ4n) is 5.43.